The molecule has 1 aliphatic rings. The van der Waals surface area contributed by atoms with E-state index in [1.807, 2.05) is 36.4 Å². The van der Waals surface area contributed by atoms with E-state index in [1.165, 1.54) is 0 Å². The lowest BCUT2D eigenvalue weighted by atomic mass is 10.2. The topological polar surface area (TPSA) is 66.5 Å². The molecule has 1 aliphatic heterocycles. The van der Waals surface area contributed by atoms with E-state index >= 15 is 0 Å². The molecule has 3 rings (SSSR count). The summed E-state index contributed by atoms with van der Waals surface area (Å²) >= 11 is 0. The maximum absolute atomic E-state index is 12.3. The molecule has 1 aromatic heterocycles. The molecule has 0 atom stereocenters. The van der Waals surface area contributed by atoms with Crippen LogP contribution in [-0.4, -0.2) is 55.2 Å². The Morgan fingerprint density at radius 2 is 1.96 bits per heavy atom. The number of nitrogens with zero attached hydrogens (tertiary/aromatic N) is 2. The average Bonchev–Trinajstić information content (AvgIpc) is 2.68. The van der Waals surface area contributed by atoms with Crippen LogP contribution in [0.1, 0.15) is 15.9 Å². The van der Waals surface area contributed by atoms with E-state index in [-0.39, 0.29) is 5.91 Å². The summed E-state index contributed by atoms with van der Waals surface area (Å²) in [6.45, 7) is 5.83. The molecule has 0 bridgehead atoms. The van der Waals surface area contributed by atoms with Gasteiger partial charge in [0.05, 0.1) is 24.5 Å². The van der Waals surface area contributed by atoms with Crippen molar-refractivity contribution in [2.45, 2.75) is 6.54 Å². The highest BCUT2D eigenvalue weighted by molar-refractivity contribution is 5.94. The second kappa shape index (κ2) is 9.15. The van der Waals surface area contributed by atoms with Crippen molar-refractivity contribution in [3.05, 3.63) is 59.9 Å². The van der Waals surface area contributed by atoms with Gasteiger partial charge in [-0.2, -0.15) is 0 Å². The molecule has 1 aromatic carbocycles. The van der Waals surface area contributed by atoms with Gasteiger partial charge in [0.2, 0.25) is 0 Å². The summed E-state index contributed by atoms with van der Waals surface area (Å²) in [7, 11) is 0. The van der Waals surface area contributed by atoms with Gasteiger partial charge in [-0.25, -0.2) is 0 Å². The highest BCUT2D eigenvalue weighted by Crippen LogP contribution is 2.09. The summed E-state index contributed by atoms with van der Waals surface area (Å²) in [6.07, 6.45) is 3.33. The maximum atomic E-state index is 12.3. The lowest BCUT2D eigenvalue weighted by molar-refractivity contribution is 0.0398. The zero-order valence-electron chi connectivity index (χ0n) is 14.3. The molecule has 0 unspecified atom stereocenters. The number of anilines is 1. The Kier molecular flexibility index (Phi) is 6.36. The fourth-order valence-corrected chi connectivity index (χ4v) is 2.72. The SMILES string of the molecule is O=C(NCc1ccccc1)c1cncc(NCCN2CCOCC2)c1. The van der Waals surface area contributed by atoms with Crippen molar-refractivity contribution < 1.29 is 9.53 Å². The van der Waals surface area contributed by atoms with Crippen molar-refractivity contribution in [2.24, 2.45) is 0 Å². The Morgan fingerprint density at radius 3 is 2.76 bits per heavy atom. The molecule has 0 saturated carbocycles. The molecule has 0 aliphatic carbocycles. The van der Waals surface area contributed by atoms with Crippen LogP contribution in [0, 0.1) is 0 Å². The zero-order valence-corrected chi connectivity index (χ0v) is 14.3. The van der Waals surface area contributed by atoms with Gasteiger partial charge in [-0.05, 0) is 11.6 Å². The first-order valence-corrected chi connectivity index (χ1v) is 8.62. The Morgan fingerprint density at radius 1 is 1.16 bits per heavy atom. The van der Waals surface area contributed by atoms with Crippen LogP contribution in [-0.2, 0) is 11.3 Å². The van der Waals surface area contributed by atoms with Gasteiger partial charge >= 0.3 is 0 Å². The van der Waals surface area contributed by atoms with Gasteiger partial charge in [0, 0.05) is 45.1 Å². The van der Waals surface area contributed by atoms with E-state index in [0.29, 0.717) is 12.1 Å². The molecule has 1 fully saturated rings. The minimum Gasteiger partial charge on any atom is -0.382 e. The smallest absolute Gasteiger partial charge is 0.253 e. The number of hydrogen-bond donors (Lipinski definition) is 2. The summed E-state index contributed by atoms with van der Waals surface area (Å²) in [5.41, 5.74) is 2.50. The quantitative estimate of drug-likeness (QED) is 0.804. The van der Waals surface area contributed by atoms with Gasteiger partial charge < -0.3 is 15.4 Å². The van der Waals surface area contributed by atoms with Crippen LogP contribution in [0.25, 0.3) is 0 Å². The number of ether oxygens (including phenoxy) is 1. The fraction of sp³-hybridized carbons (Fsp3) is 0.368. The Bertz CT molecular complexity index is 672. The highest BCUT2D eigenvalue weighted by Gasteiger charge is 2.10. The molecule has 0 spiro atoms. The van der Waals surface area contributed by atoms with Gasteiger partial charge in [-0.3, -0.25) is 14.7 Å². The molecule has 1 saturated heterocycles. The number of rotatable bonds is 7. The van der Waals surface area contributed by atoms with Gasteiger partial charge in [0.1, 0.15) is 0 Å². The molecule has 6 nitrogen and oxygen atoms in total. The van der Waals surface area contributed by atoms with Gasteiger partial charge in [0.25, 0.3) is 5.91 Å². The van der Waals surface area contributed by atoms with Gasteiger partial charge in [-0.15, -0.1) is 0 Å². The van der Waals surface area contributed by atoms with E-state index < -0.39 is 0 Å². The van der Waals surface area contributed by atoms with Gasteiger partial charge in [-0.1, -0.05) is 30.3 Å². The minimum absolute atomic E-state index is 0.117. The lowest BCUT2D eigenvalue weighted by Gasteiger charge is -2.26. The van der Waals surface area contributed by atoms with Crippen molar-refractivity contribution in [1.82, 2.24) is 15.2 Å². The minimum atomic E-state index is -0.117. The Labute approximate surface area is 148 Å². The summed E-state index contributed by atoms with van der Waals surface area (Å²) in [4.78, 5) is 18.8. The number of hydrogen-bond acceptors (Lipinski definition) is 5. The third-order valence-electron chi connectivity index (χ3n) is 4.16. The molecule has 2 aromatic rings. The Balaban J connectivity index is 1.47. The number of carbonyl (C=O) groups excluding carboxylic acids is 1. The number of aromatic nitrogens is 1. The second-order valence-corrected chi connectivity index (χ2v) is 6.01. The predicted molar refractivity (Wildman–Crippen MR) is 97.6 cm³/mol. The van der Waals surface area contributed by atoms with Crippen LogP contribution in [0.2, 0.25) is 0 Å². The third kappa shape index (κ3) is 5.55. The second-order valence-electron chi connectivity index (χ2n) is 6.01. The first kappa shape index (κ1) is 17.4. The summed E-state index contributed by atoms with van der Waals surface area (Å²) in [5.74, 6) is -0.117. The number of amides is 1. The summed E-state index contributed by atoms with van der Waals surface area (Å²) in [5, 5.41) is 6.26. The molecule has 2 N–H and O–H groups in total. The highest BCUT2D eigenvalue weighted by atomic mass is 16.5. The van der Waals surface area contributed by atoms with Crippen LogP contribution in [0.5, 0.6) is 0 Å². The Hall–Kier alpha value is -2.44. The summed E-state index contributed by atoms with van der Waals surface area (Å²) < 4.78 is 5.34. The third-order valence-corrected chi connectivity index (χ3v) is 4.16. The largest absolute Gasteiger partial charge is 0.382 e. The van der Waals surface area contributed by atoms with Crippen molar-refractivity contribution in [3.8, 4) is 0 Å². The normalized spacial score (nSPS) is 14.9. The molecule has 6 heteroatoms. The summed E-state index contributed by atoms with van der Waals surface area (Å²) in [6, 6.07) is 11.7. The van der Waals surface area contributed by atoms with E-state index in [0.717, 1.165) is 50.6 Å². The molecule has 0 radical (unpaired) electrons. The molecule has 2 heterocycles. The zero-order chi connectivity index (χ0) is 17.3. The van der Waals surface area contributed by atoms with E-state index in [2.05, 4.69) is 20.5 Å². The van der Waals surface area contributed by atoms with Crippen molar-refractivity contribution >= 4 is 11.6 Å². The van der Waals surface area contributed by atoms with Crippen molar-refractivity contribution in [2.75, 3.05) is 44.7 Å². The number of nitrogens with one attached hydrogen (secondary N) is 2. The number of benzene rings is 1. The molecular formula is C19H24N4O2. The first-order chi connectivity index (χ1) is 12.3. The van der Waals surface area contributed by atoms with Crippen LogP contribution in [0.4, 0.5) is 5.69 Å². The van der Waals surface area contributed by atoms with E-state index in [4.69, 9.17) is 4.74 Å². The lowest BCUT2D eigenvalue weighted by Crippen LogP contribution is -2.39. The van der Waals surface area contributed by atoms with Crippen LogP contribution in [0.15, 0.2) is 48.8 Å². The molecule has 1 amide bonds. The standard InChI is InChI=1S/C19H24N4O2/c24-19(22-13-16-4-2-1-3-5-16)17-12-18(15-20-14-17)21-6-7-23-8-10-25-11-9-23/h1-5,12,14-15,21H,6-11,13H2,(H,22,24). The maximum Gasteiger partial charge on any atom is 0.253 e. The predicted octanol–water partition coefficient (Wildman–Crippen LogP) is 1.76. The number of morpholine rings is 1. The fourth-order valence-electron chi connectivity index (χ4n) is 2.72. The van der Waals surface area contributed by atoms with Crippen LogP contribution < -0.4 is 10.6 Å². The average molecular weight is 340 g/mol. The van der Waals surface area contributed by atoms with Crippen molar-refractivity contribution in [1.29, 1.82) is 0 Å². The van der Waals surface area contributed by atoms with Gasteiger partial charge in [0.15, 0.2) is 0 Å². The van der Waals surface area contributed by atoms with Crippen LogP contribution in [0.3, 0.4) is 0 Å². The molecular weight excluding hydrogens is 316 g/mol. The first-order valence-electron chi connectivity index (χ1n) is 8.62. The molecule has 132 valence electrons. The van der Waals surface area contributed by atoms with Crippen LogP contribution >= 0.6 is 0 Å². The number of carbonyl (C=O) groups is 1. The van der Waals surface area contributed by atoms with E-state index in [9.17, 15) is 4.79 Å². The van der Waals surface area contributed by atoms with Crippen molar-refractivity contribution in [3.63, 3.8) is 0 Å². The van der Waals surface area contributed by atoms with E-state index in [1.54, 1.807) is 12.4 Å². The molecule has 25 heavy (non-hydrogen) atoms. The number of pyridine rings is 1. The monoisotopic (exact) mass is 340 g/mol.